The molecule has 1 saturated heterocycles. The van der Waals surface area contributed by atoms with Crippen LogP contribution in [0.2, 0.25) is 0 Å². The summed E-state index contributed by atoms with van der Waals surface area (Å²) in [6.07, 6.45) is 3.16. The van der Waals surface area contributed by atoms with E-state index in [2.05, 4.69) is 16.3 Å². The number of nitriles is 1. The molecule has 0 bridgehead atoms. The molecular formula is C17H23N3O2. The van der Waals surface area contributed by atoms with Gasteiger partial charge in [-0.05, 0) is 57.0 Å². The molecule has 1 aromatic rings. The Labute approximate surface area is 131 Å². The van der Waals surface area contributed by atoms with Crippen LogP contribution in [-0.4, -0.2) is 41.1 Å². The molecule has 5 nitrogen and oxygen atoms in total. The van der Waals surface area contributed by atoms with Crippen molar-refractivity contribution in [1.82, 2.24) is 4.90 Å². The predicted octanol–water partition coefficient (Wildman–Crippen LogP) is 2.12. The summed E-state index contributed by atoms with van der Waals surface area (Å²) in [6, 6.07) is 9.30. The number of aliphatic hydroxyl groups is 1. The van der Waals surface area contributed by atoms with Gasteiger partial charge < -0.3 is 10.4 Å². The number of anilines is 1. The number of hydrogen-bond acceptors (Lipinski definition) is 4. The molecule has 1 aliphatic heterocycles. The molecule has 2 rings (SSSR count). The van der Waals surface area contributed by atoms with E-state index < -0.39 is 0 Å². The van der Waals surface area contributed by atoms with Crippen LogP contribution < -0.4 is 5.32 Å². The van der Waals surface area contributed by atoms with E-state index in [-0.39, 0.29) is 12.0 Å². The molecule has 1 heterocycles. The first-order chi connectivity index (χ1) is 10.6. The Hall–Kier alpha value is -1.90. The van der Waals surface area contributed by atoms with Crippen molar-refractivity contribution in [2.45, 2.75) is 44.8 Å². The zero-order valence-corrected chi connectivity index (χ0v) is 13.0. The van der Waals surface area contributed by atoms with Gasteiger partial charge in [-0.1, -0.05) is 0 Å². The summed E-state index contributed by atoms with van der Waals surface area (Å²) in [5, 5.41) is 21.1. The number of nitrogens with zero attached hydrogens (tertiary/aromatic N) is 2. The molecule has 0 spiro atoms. The van der Waals surface area contributed by atoms with Gasteiger partial charge in [-0.15, -0.1) is 0 Å². The van der Waals surface area contributed by atoms with Gasteiger partial charge in [0.2, 0.25) is 5.91 Å². The lowest BCUT2D eigenvalue weighted by atomic mass is 10.1. The average molecular weight is 301 g/mol. The fourth-order valence-corrected chi connectivity index (χ4v) is 2.95. The third-order valence-electron chi connectivity index (χ3n) is 4.04. The molecule has 1 fully saturated rings. The van der Waals surface area contributed by atoms with Crippen molar-refractivity contribution < 1.29 is 9.90 Å². The third kappa shape index (κ3) is 4.83. The summed E-state index contributed by atoms with van der Waals surface area (Å²) >= 11 is 0. The van der Waals surface area contributed by atoms with Gasteiger partial charge in [-0.3, -0.25) is 9.69 Å². The molecule has 1 amide bonds. The van der Waals surface area contributed by atoms with Crippen LogP contribution in [0.5, 0.6) is 0 Å². The van der Waals surface area contributed by atoms with Crippen LogP contribution in [-0.2, 0) is 4.79 Å². The Bertz CT molecular complexity index is 534. The highest BCUT2D eigenvalue weighted by molar-refractivity contribution is 5.90. The van der Waals surface area contributed by atoms with E-state index in [4.69, 9.17) is 5.26 Å². The van der Waals surface area contributed by atoms with Crippen LogP contribution in [0.1, 0.15) is 38.2 Å². The normalized spacial score (nSPS) is 19.6. The monoisotopic (exact) mass is 301 g/mol. The van der Waals surface area contributed by atoms with Gasteiger partial charge in [0.1, 0.15) is 0 Å². The van der Waals surface area contributed by atoms with Crippen LogP contribution in [0.25, 0.3) is 0 Å². The van der Waals surface area contributed by atoms with Crippen molar-refractivity contribution in [2.24, 2.45) is 0 Å². The molecule has 0 radical (unpaired) electrons. The average Bonchev–Trinajstić information content (AvgIpc) is 2.92. The number of likely N-dealkylation sites (tertiary alicyclic amines) is 1. The molecule has 2 atom stereocenters. The second kappa shape index (κ2) is 7.92. The fourth-order valence-electron chi connectivity index (χ4n) is 2.95. The molecule has 1 aromatic carbocycles. The highest BCUT2D eigenvalue weighted by Crippen LogP contribution is 2.21. The number of hydrogen-bond donors (Lipinski definition) is 2. The maximum atomic E-state index is 12.0. The van der Waals surface area contributed by atoms with Crippen molar-refractivity contribution in [3.8, 4) is 6.07 Å². The molecule has 2 unspecified atom stereocenters. The Morgan fingerprint density at radius 3 is 2.86 bits per heavy atom. The minimum Gasteiger partial charge on any atom is -0.393 e. The van der Waals surface area contributed by atoms with E-state index in [0.29, 0.717) is 23.7 Å². The van der Waals surface area contributed by atoms with Crippen LogP contribution in [0.15, 0.2) is 24.3 Å². The molecule has 5 heteroatoms. The molecule has 0 aromatic heterocycles. The topological polar surface area (TPSA) is 76.4 Å². The second-order valence-corrected chi connectivity index (χ2v) is 5.90. The van der Waals surface area contributed by atoms with Crippen molar-refractivity contribution in [3.63, 3.8) is 0 Å². The number of aliphatic hydroxyl groups excluding tert-OH is 1. The number of amides is 1. The van der Waals surface area contributed by atoms with Crippen LogP contribution in [0.3, 0.4) is 0 Å². The maximum Gasteiger partial charge on any atom is 0.225 e. The summed E-state index contributed by atoms with van der Waals surface area (Å²) < 4.78 is 0. The lowest BCUT2D eigenvalue weighted by Crippen LogP contribution is -2.34. The second-order valence-electron chi connectivity index (χ2n) is 5.90. The van der Waals surface area contributed by atoms with E-state index in [1.807, 2.05) is 6.92 Å². The molecule has 0 aliphatic carbocycles. The summed E-state index contributed by atoms with van der Waals surface area (Å²) in [6.45, 7) is 3.54. The van der Waals surface area contributed by atoms with Gasteiger partial charge >= 0.3 is 0 Å². The zero-order chi connectivity index (χ0) is 15.9. The highest BCUT2D eigenvalue weighted by atomic mass is 16.3. The molecule has 22 heavy (non-hydrogen) atoms. The van der Waals surface area contributed by atoms with Crippen LogP contribution in [0, 0.1) is 11.3 Å². The molecule has 0 saturated carbocycles. The number of nitrogens with one attached hydrogen (secondary N) is 1. The van der Waals surface area contributed by atoms with Crippen molar-refractivity contribution in [3.05, 3.63) is 29.8 Å². The number of carbonyl (C=O) groups is 1. The Kier molecular flexibility index (Phi) is 5.93. The molecular weight excluding hydrogens is 278 g/mol. The van der Waals surface area contributed by atoms with Crippen LogP contribution in [0.4, 0.5) is 5.69 Å². The van der Waals surface area contributed by atoms with Crippen molar-refractivity contribution >= 4 is 11.6 Å². The quantitative estimate of drug-likeness (QED) is 0.844. The fraction of sp³-hybridized carbons (Fsp3) is 0.529. The molecule has 2 N–H and O–H groups in total. The minimum atomic E-state index is -0.293. The standard InChI is InChI=1S/C17H23N3O2/c1-13(21)11-16-3-2-9-20(16)10-8-17(22)19-15-6-4-14(12-18)5-7-15/h4-7,13,16,21H,2-3,8-11H2,1H3,(H,19,22). The van der Waals surface area contributed by atoms with Crippen molar-refractivity contribution in [1.29, 1.82) is 5.26 Å². The van der Waals surface area contributed by atoms with E-state index >= 15 is 0 Å². The predicted molar refractivity (Wildman–Crippen MR) is 85.3 cm³/mol. The Morgan fingerprint density at radius 2 is 2.23 bits per heavy atom. The highest BCUT2D eigenvalue weighted by Gasteiger charge is 2.25. The van der Waals surface area contributed by atoms with Gasteiger partial charge in [0.05, 0.1) is 17.7 Å². The number of benzene rings is 1. The van der Waals surface area contributed by atoms with E-state index in [1.54, 1.807) is 24.3 Å². The zero-order valence-electron chi connectivity index (χ0n) is 13.0. The molecule has 118 valence electrons. The van der Waals surface area contributed by atoms with Gasteiger partial charge in [0.15, 0.2) is 0 Å². The first kappa shape index (κ1) is 16.5. The number of rotatable bonds is 6. The number of carbonyl (C=O) groups excluding carboxylic acids is 1. The van der Waals surface area contributed by atoms with Gasteiger partial charge in [-0.25, -0.2) is 0 Å². The smallest absolute Gasteiger partial charge is 0.225 e. The lowest BCUT2D eigenvalue weighted by Gasteiger charge is -2.25. The van der Waals surface area contributed by atoms with Crippen molar-refractivity contribution in [2.75, 3.05) is 18.4 Å². The summed E-state index contributed by atoms with van der Waals surface area (Å²) in [5.74, 6) is -0.0209. The SMILES string of the molecule is CC(O)CC1CCCN1CCC(=O)Nc1ccc(C#N)cc1. The van der Waals surface area contributed by atoms with E-state index in [1.165, 1.54) is 0 Å². The van der Waals surface area contributed by atoms with Crippen LogP contribution >= 0.6 is 0 Å². The van der Waals surface area contributed by atoms with E-state index in [0.717, 1.165) is 32.4 Å². The minimum absolute atomic E-state index is 0.0209. The summed E-state index contributed by atoms with van der Waals surface area (Å²) in [7, 11) is 0. The first-order valence-corrected chi connectivity index (χ1v) is 7.80. The maximum absolute atomic E-state index is 12.0. The third-order valence-corrected chi connectivity index (χ3v) is 4.04. The largest absolute Gasteiger partial charge is 0.393 e. The lowest BCUT2D eigenvalue weighted by molar-refractivity contribution is -0.116. The summed E-state index contributed by atoms with van der Waals surface area (Å²) in [4.78, 5) is 14.3. The van der Waals surface area contributed by atoms with E-state index in [9.17, 15) is 9.90 Å². The Balaban J connectivity index is 1.78. The van der Waals surface area contributed by atoms with Gasteiger partial charge in [-0.2, -0.15) is 5.26 Å². The van der Waals surface area contributed by atoms with Gasteiger partial charge in [0, 0.05) is 24.7 Å². The Morgan fingerprint density at radius 1 is 1.50 bits per heavy atom. The van der Waals surface area contributed by atoms with Gasteiger partial charge in [0.25, 0.3) is 0 Å². The summed E-state index contributed by atoms with van der Waals surface area (Å²) in [5.41, 5.74) is 1.29. The first-order valence-electron chi connectivity index (χ1n) is 7.80. The molecule has 1 aliphatic rings.